The molecule has 0 radical (unpaired) electrons. The van der Waals surface area contributed by atoms with Gasteiger partial charge in [-0.3, -0.25) is 5.41 Å². The number of hydrogen-bond donors (Lipinski definition) is 3. The van der Waals surface area contributed by atoms with Crippen LogP contribution in [0.5, 0.6) is 0 Å². The fraction of sp³-hybridized carbons (Fsp3) is 0.333. The van der Waals surface area contributed by atoms with E-state index in [4.69, 9.17) is 16.2 Å². The molecule has 0 unspecified atom stereocenters. The number of carboxylic acid groups (broad SMARTS) is 1. The molecule has 114 valence electrons. The van der Waals surface area contributed by atoms with Crippen LogP contribution >= 0.6 is 15.9 Å². The van der Waals surface area contributed by atoms with Crippen LogP contribution in [0.2, 0.25) is 0 Å². The molecular formula is C15H18BrFN2O2. The van der Waals surface area contributed by atoms with Gasteiger partial charge in [-0.15, -0.1) is 0 Å². The van der Waals surface area contributed by atoms with Crippen molar-refractivity contribution in [3.05, 3.63) is 45.8 Å². The number of halogens is 2. The second kappa shape index (κ2) is 8.56. The predicted molar refractivity (Wildman–Crippen MR) is 83.9 cm³/mol. The molecular weight excluding hydrogens is 339 g/mol. The van der Waals surface area contributed by atoms with Gasteiger partial charge in [-0.1, -0.05) is 34.5 Å². The van der Waals surface area contributed by atoms with Crippen molar-refractivity contribution in [2.75, 3.05) is 0 Å². The first-order chi connectivity index (χ1) is 9.93. The first-order valence-corrected chi connectivity index (χ1v) is 7.43. The third-order valence-electron chi connectivity index (χ3n) is 3.06. The monoisotopic (exact) mass is 356 g/mol. The zero-order valence-electron chi connectivity index (χ0n) is 11.5. The number of hydrogen-bond acceptors (Lipinski definition) is 3. The maximum Gasteiger partial charge on any atom is 0.355 e. The van der Waals surface area contributed by atoms with Crippen molar-refractivity contribution in [3.8, 4) is 0 Å². The highest BCUT2D eigenvalue weighted by atomic mass is 79.9. The minimum absolute atomic E-state index is 0.0145. The molecule has 21 heavy (non-hydrogen) atoms. The number of nitrogens with two attached hydrogens (primary N) is 1. The van der Waals surface area contributed by atoms with Gasteiger partial charge in [-0.25, -0.2) is 9.18 Å². The highest BCUT2D eigenvalue weighted by molar-refractivity contribution is 9.10. The lowest BCUT2D eigenvalue weighted by atomic mass is 10.1. The summed E-state index contributed by atoms with van der Waals surface area (Å²) in [5, 5.41) is 15.8. The smallest absolute Gasteiger partial charge is 0.355 e. The molecule has 0 aromatic heterocycles. The lowest BCUT2D eigenvalue weighted by Gasteiger charge is -2.05. The Hall–Kier alpha value is -1.69. The molecule has 0 fully saturated rings. The molecule has 0 saturated carbocycles. The van der Waals surface area contributed by atoms with E-state index in [1.165, 1.54) is 6.07 Å². The summed E-state index contributed by atoms with van der Waals surface area (Å²) in [5.41, 5.74) is 5.55. The van der Waals surface area contributed by atoms with Gasteiger partial charge < -0.3 is 10.8 Å². The molecule has 0 aliphatic heterocycles. The number of carboxylic acids is 1. The maximum absolute atomic E-state index is 13.6. The van der Waals surface area contributed by atoms with E-state index in [-0.39, 0.29) is 11.5 Å². The van der Waals surface area contributed by atoms with E-state index < -0.39 is 11.7 Å². The molecule has 0 spiro atoms. The van der Waals surface area contributed by atoms with E-state index in [9.17, 15) is 9.18 Å². The number of carbonyl (C=O) groups is 1. The third-order valence-corrected chi connectivity index (χ3v) is 3.80. The van der Waals surface area contributed by atoms with Crippen molar-refractivity contribution >= 4 is 27.6 Å². The van der Waals surface area contributed by atoms with Gasteiger partial charge >= 0.3 is 5.97 Å². The average Bonchev–Trinajstić information content (AvgIpc) is 2.43. The van der Waals surface area contributed by atoms with E-state index in [0.29, 0.717) is 18.4 Å². The summed E-state index contributed by atoms with van der Waals surface area (Å²) in [7, 11) is 0. The van der Waals surface area contributed by atoms with Gasteiger partial charge in [0, 0.05) is 10.0 Å². The minimum Gasteiger partial charge on any atom is -0.476 e. The van der Waals surface area contributed by atoms with Gasteiger partial charge in [0.15, 0.2) is 5.71 Å². The van der Waals surface area contributed by atoms with Gasteiger partial charge in [0.05, 0.1) is 5.70 Å². The Labute approximate surface area is 131 Å². The second-order valence-corrected chi connectivity index (χ2v) is 5.49. The number of unbranched alkanes of at least 4 members (excludes halogenated alkanes) is 3. The average molecular weight is 357 g/mol. The number of nitrogens with one attached hydrogen (secondary N) is 1. The molecule has 1 rings (SSSR count). The molecule has 0 bridgehead atoms. The van der Waals surface area contributed by atoms with Crippen molar-refractivity contribution in [1.82, 2.24) is 0 Å². The second-order valence-electron chi connectivity index (χ2n) is 4.64. The summed E-state index contributed by atoms with van der Waals surface area (Å²) < 4.78 is 14.3. The van der Waals surface area contributed by atoms with Gasteiger partial charge in [-0.2, -0.15) is 0 Å². The quantitative estimate of drug-likeness (QED) is 0.490. The third kappa shape index (κ3) is 5.67. The first-order valence-electron chi connectivity index (χ1n) is 6.64. The summed E-state index contributed by atoms with van der Waals surface area (Å²) in [5.74, 6) is -1.53. The Kier molecular flexibility index (Phi) is 7.08. The Morgan fingerprint density at radius 1 is 1.38 bits per heavy atom. The summed E-state index contributed by atoms with van der Waals surface area (Å²) >= 11 is 3.33. The molecule has 0 atom stereocenters. The van der Waals surface area contributed by atoms with Crippen LogP contribution in [0, 0.1) is 11.2 Å². The lowest BCUT2D eigenvalue weighted by Crippen LogP contribution is -2.19. The van der Waals surface area contributed by atoms with Crippen molar-refractivity contribution in [1.29, 1.82) is 5.41 Å². The Morgan fingerprint density at radius 3 is 2.71 bits per heavy atom. The number of benzene rings is 1. The summed E-state index contributed by atoms with van der Waals surface area (Å²) in [6.45, 7) is 0. The van der Waals surface area contributed by atoms with Crippen molar-refractivity contribution in [2.45, 2.75) is 32.1 Å². The molecule has 0 amide bonds. The zero-order chi connectivity index (χ0) is 15.8. The molecule has 4 N–H and O–H groups in total. The first kappa shape index (κ1) is 17.4. The Balaban J connectivity index is 2.31. The van der Waals surface area contributed by atoms with Crippen molar-refractivity contribution in [2.24, 2.45) is 5.73 Å². The van der Waals surface area contributed by atoms with E-state index in [2.05, 4.69) is 15.9 Å². The molecule has 4 nitrogen and oxygen atoms in total. The van der Waals surface area contributed by atoms with Gasteiger partial charge in [0.25, 0.3) is 0 Å². The van der Waals surface area contributed by atoms with Crippen LogP contribution in [-0.2, 0) is 11.2 Å². The highest BCUT2D eigenvalue weighted by Gasteiger charge is 2.09. The summed E-state index contributed by atoms with van der Waals surface area (Å²) in [6, 6.07) is 4.92. The number of rotatable bonds is 8. The largest absolute Gasteiger partial charge is 0.476 e. The van der Waals surface area contributed by atoms with Crippen LogP contribution in [0.15, 0.2) is 34.4 Å². The number of aliphatic carboxylic acids is 1. The van der Waals surface area contributed by atoms with Crippen LogP contribution in [-0.4, -0.2) is 16.8 Å². The van der Waals surface area contributed by atoms with E-state index in [0.717, 1.165) is 23.7 Å². The molecule has 1 aromatic rings. The van der Waals surface area contributed by atoms with Gasteiger partial charge in [0.2, 0.25) is 0 Å². The van der Waals surface area contributed by atoms with Crippen LogP contribution in [0.25, 0.3) is 0 Å². The maximum atomic E-state index is 13.6. The molecule has 0 aliphatic carbocycles. The van der Waals surface area contributed by atoms with Gasteiger partial charge in [0.1, 0.15) is 5.82 Å². The molecule has 0 saturated heterocycles. The van der Waals surface area contributed by atoms with Crippen LogP contribution < -0.4 is 5.73 Å². The normalized spacial score (nSPS) is 11.4. The predicted octanol–water partition coefficient (Wildman–Crippen LogP) is 3.64. The molecule has 0 aliphatic rings. The molecule has 0 heterocycles. The fourth-order valence-electron chi connectivity index (χ4n) is 1.88. The molecule has 1 aromatic carbocycles. The van der Waals surface area contributed by atoms with E-state index >= 15 is 0 Å². The number of allylic oxidation sites excluding steroid dienone is 1. The van der Waals surface area contributed by atoms with Crippen LogP contribution in [0.1, 0.15) is 31.2 Å². The van der Waals surface area contributed by atoms with E-state index in [1.807, 2.05) is 6.07 Å². The van der Waals surface area contributed by atoms with Crippen LogP contribution in [0.4, 0.5) is 4.39 Å². The van der Waals surface area contributed by atoms with Gasteiger partial charge in [-0.05, 0) is 37.8 Å². The Bertz CT molecular complexity index is 538. The Morgan fingerprint density at radius 2 is 2.10 bits per heavy atom. The van der Waals surface area contributed by atoms with Crippen LogP contribution in [0.3, 0.4) is 0 Å². The topological polar surface area (TPSA) is 87.2 Å². The van der Waals surface area contributed by atoms with Crippen molar-refractivity contribution < 1.29 is 14.3 Å². The fourth-order valence-corrected chi connectivity index (χ4v) is 2.42. The minimum atomic E-state index is -1.33. The SMILES string of the molecule is N=C(C(=O)O)/C(N)=C\CCCCCc1c(F)cccc1Br. The lowest BCUT2D eigenvalue weighted by molar-refractivity contribution is -0.129. The summed E-state index contributed by atoms with van der Waals surface area (Å²) in [6.07, 6.45) is 5.35. The van der Waals surface area contributed by atoms with Crippen molar-refractivity contribution in [3.63, 3.8) is 0 Å². The summed E-state index contributed by atoms with van der Waals surface area (Å²) in [4.78, 5) is 10.5. The standard InChI is InChI=1S/C15H18BrFN2O2/c16-11-7-5-8-12(17)10(11)6-3-1-2-4-9-13(18)14(19)15(20)21/h5,7-9,19H,1-4,6,18H2,(H,20,21)/b13-9+,19-14?. The molecule has 6 heteroatoms. The highest BCUT2D eigenvalue weighted by Crippen LogP contribution is 2.21. The zero-order valence-corrected chi connectivity index (χ0v) is 13.1. The van der Waals surface area contributed by atoms with E-state index in [1.54, 1.807) is 12.1 Å².